The molecular weight excluding hydrogens is 642 g/mol. The number of aromatic amines is 1. The number of rotatable bonds is 11. The number of aromatic nitrogens is 1. The Morgan fingerprint density at radius 1 is 1.00 bits per heavy atom. The van der Waals surface area contributed by atoms with Crippen molar-refractivity contribution in [1.29, 1.82) is 0 Å². The molecule has 2 aromatic heterocycles. The van der Waals surface area contributed by atoms with E-state index < -0.39 is 65.7 Å². The van der Waals surface area contributed by atoms with Gasteiger partial charge in [0.15, 0.2) is 0 Å². The fourth-order valence-corrected chi connectivity index (χ4v) is 6.73. The van der Waals surface area contributed by atoms with Gasteiger partial charge in [0.2, 0.25) is 29.5 Å². The van der Waals surface area contributed by atoms with Crippen LogP contribution < -0.4 is 27.3 Å². The van der Waals surface area contributed by atoms with Gasteiger partial charge in [-0.3, -0.25) is 29.0 Å². The van der Waals surface area contributed by atoms with E-state index in [2.05, 4.69) is 25.9 Å². The second-order valence-corrected chi connectivity index (χ2v) is 12.9. The molecule has 2 aliphatic rings. The number of fused-ring (bicyclic) bond motifs is 2. The number of hydrogen-bond acceptors (Lipinski definition) is 8. The summed E-state index contributed by atoms with van der Waals surface area (Å²) < 4.78 is 5.35. The minimum absolute atomic E-state index is 0.117. The Kier molecular flexibility index (Phi) is 9.79. The third kappa shape index (κ3) is 7.43. The lowest BCUT2D eigenvalue weighted by atomic mass is 10.0. The summed E-state index contributed by atoms with van der Waals surface area (Å²) in [7, 11) is 0. The first-order chi connectivity index (χ1) is 24.0. The van der Waals surface area contributed by atoms with Crippen LogP contribution >= 0.6 is 0 Å². The maximum absolute atomic E-state index is 13.9. The highest BCUT2D eigenvalue weighted by molar-refractivity contribution is 6.01. The first kappa shape index (κ1) is 34.1. The second kappa shape index (κ2) is 14.4. The molecule has 4 heterocycles. The zero-order valence-electron chi connectivity index (χ0n) is 27.8. The summed E-state index contributed by atoms with van der Waals surface area (Å²) in [5.41, 5.74) is 8.81. The quantitative estimate of drug-likeness (QED) is 0.149. The molecule has 6 rings (SSSR count). The van der Waals surface area contributed by atoms with Gasteiger partial charge >= 0.3 is 5.63 Å². The van der Waals surface area contributed by atoms with Crippen LogP contribution in [0.25, 0.3) is 21.9 Å². The topological polar surface area (TPSA) is 209 Å². The van der Waals surface area contributed by atoms with Crippen molar-refractivity contribution >= 4 is 62.8 Å². The summed E-state index contributed by atoms with van der Waals surface area (Å²) in [6.07, 6.45) is 3.41. The van der Waals surface area contributed by atoms with Gasteiger partial charge in [0.05, 0.1) is 6.42 Å². The van der Waals surface area contributed by atoms with E-state index in [1.54, 1.807) is 31.3 Å². The third-order valence-electron chi connectivity index (χ3n) is 9.27. The van der Waals surface area contributed by atoms with E-state index in [-0.39, 0.29) is 13.0 Å². The number of anilines is 1. The lowest BCUT2D eigenvalue weighted by molar-refractivity contribution is -0.143. The number of para-hydroxylation sites is 1. The van der Waals surface area contributed by atoms with Crippen molar-refractivity contribution in [2.24, 2.45) is 10.7 Å². The van der Waals surface area contributed by atoms with Crippen LogP contribution in [0.5, 0.6) is 0 Å². The normalized spacial score (nSPS) is 18.4. The highest BCUT2D eigenvalue weighted by atomic mass is 16.4. The molecule has 5 amide bonds. The Balaban J connectivity index is 1.23. The second-order valence-electron chi connectivity index (χ2n) is 12.9. The van der Waals surface area contributed by atoms with Crippen LogP contribution in [0, 0.1) is 6.92 Å². The maximum atomic E-state index is 13.9. The van der Waals surface area contributed by atoms with Crippen molar-refractivity contribution in [3.8, 4) is 0 Å². The number of carbonyl (C=O) groups is 5. The van der Waals surface area contributed by atoms with Gasteiger partial charge in [0, 0.05) is 59.0 Å². The highest BCUT2D eigenvalue weighted by Gasteiger charge is 2.40. The summed E-state index contributed by atoms with van der Waals surface area (Å²) >= 11 is 0. The van der Waals surface area contributed by atoms with Crippen molar-refractivity contribution in [3.63, 3.8) is 0 Å². The Morgan fingerprint density at radius 2 is 1.78 bits per heavy atom. The van der Waals surface area contributed by atoms with Crippen LogP contribution in [-0.4, -0.2) is 75.8 Å². The number of aliphatic imine (C=N–C) groups is 1. The number of carbonyl (C=O) groups excluding carboxylic acids is 5. The molecule has 14 nitrogen and oxygen atoms in total. The number of nitrogens with one attached hydrogen (secondary N) is 4. The average Bonchev–Trinajstić information content (AvgIpc) is 3.84. The number of benzene rings is 2. The van der Waals surface area contributed by atoms with Crippen LogP contribution in [0.4, 0.5) is 5.69 Å². The third-order valence-corrected chi connectivity index (χ3v) is 9.27. The summed E-state index contributed by atoms with van der Waals surface area (Å²) in [6.45, 7) is 3.82. The van der Waals surface area contributed by atoms with Gasteiger partial charge in [0.1, 0.15) is 29.8 Å². The molecule has 1 fully saturated rings. The fourth-order valence-electron chi connectivity index (χ4n) is 6.73. The molecule has 0 spiro atoms. The van der Waals surface area contributed by atoms with Crippen molar-refractivity contribution in [3.05, 3.63) is 76.3 Å². The van der Waals surface area contributed by atoms with Crippen molar-refractivity contribution in [2.45, 2.75) is 76.5 Å². The molecule has 0 aliphatic carbocycles. The number of aryl methyl sites for hydroxylation is 1. The number of likely N-dealkylation sites (tertiary alicyclic amines) is 1. The number of hydrogen-bond donors (Lipinski definition) is 5. The van der Waals surface area contributed by atoms with Crippen LogP contribution in [-0.2, 0) is 30.4 Å². The van der Waals surface area contributed by atoms with Crippen LogP contribution in [0.3, 0.4) is 0 Å². The van der Waals surface area contributed by atoms with Crippen LogP contribution in [0.1, 0.15) is 50.2 Å². The van der Waals surface area contributed by atoms with Crippen LogP contribution in [0.15, 0.2) is 68.9 Å². The SMILES string of the molecule is CC1=NC(C(=O)NC(CC(N)=O)C(=O)N2CCCC2C(=O)NC(Cc2c[nH]c3ccccc23)C(=O)Nc2ccc3c(C)cc(=O)oc3c2)CC1. The zero-order valence-corrected chi connectivity index (χ0v) is 27.8. The molecule has 4 aromatic rings. The van der Waals surface area contributed by atoms with E-state index in [1.807, 2.05) is 31.2 Å². The molecule has 0 radical (unpaired) electrons. The first-order valence-electron chi connectivity index (χ1n) is 16.6. The molecular formula is C36H39N7O7. The summed E-state index contributed by atoms with van der Waals surface area (Å²) in [4.78, 5) is 87.4. The van der Waals surface area contributed by atoms with Gasteiger partial charge in [0.25, 0.3) is 0 Å². The predicted molar refractivity (Wildman–Crippen MR) is 186 cm³/mol. The molecule has 1 saturated heterocycles. The Morgan fingerprint density at radius 3 is 2.54 bits per heavy atom. The van der Waals surface area contributed by atoms with Crippen molar-refractivity contribution in [2.75, 3.05) is 11.9 Å². The Hall–Kier alpha value is -5.79. The molecule has 6 N–H and O–H groups in total. The van der Waals surface area contributed by atoms with Crippen molar-refractivity contribution in [1.82, 2.24) is 20.5 Å². The molecule has 50 heavy (non-hydrogen) atoms. The molecule has 14 heteroatoms. The molecule has 2 aliphatic heterocycles. The summed E-state index contributed by atoms with van der Waals surface area (Å²) in [6, 6.07) is 9.96. The molecule has 2 aromatic carbocycles. The molecule has 0 bridgehead atoms. The predicted octanol–water partition coefficient (Wildman–Crippen LogP) is 2.22. The van der Waals surface area contributed by atoms with E-state index in [9.17, 15) is 28.8 Å². The molecule has 4 unspecified atom stereocenters. The van der Waals surface area contributed by atoms with E-state index in [4.69, 9.17) is 10.2 Å². The number of nitrogens with two attached hydrogens (primary N) is 1. The monoisotopic (exact) mass is 681 g/mol. The smallest absolute Gasteiger partial charge is 0.336 e. The maximum Gasteiger partial charge on any atom is 0.336 e. The minimum Gasteiger partial charge on any atom is -0.423 e. The zero-order chi connectivity index (χ0) is 35.5. The van der Waals surface area contributed by atoms with Crippen molar-refractivity contribution < 1.29 is 28.4 Å². The largest absolute Gasteiger partial charge is 0.423 e. The molecule has 4 atom stereocenters. The van der Waals surface area contributed by atoms with E-state index in [0.717, 1.165) is 27.7 Å². The lowest BCUT2D eigenvalue weighted by Gasteiger charge is -2.29. The van der Waals surface area contributed by atoms with Gasteiger partial charge in [-0.15, -0.1) is 0 Å². The van der Waals surface area contributed by atoms with E-state index in [0.29, 0.717) is 42.3 Å². The van der Waals surface area contributed by atoms with E-state index in [1.165, 1.54) is 11.0 Å². The minimum atomic E-state index is -1.27. The first-order valence-corrected chi connectivity index (χ1v) is 16.6. The summed E-state index contributed by atoms with van der Waals surface area (Å²) in [5, 5.41) is 9.94. The molecule has 0 saturated carbocycles. The Bertz CT molecular complexity index is 2080. The number of H-pyrrole nitrogens is 1. The molecule has 260 valence electrons. The van der Waals surface area contributed by atoms with Gasteiger partial charge in [-0.2, -0.15) is 0 Å². The summed E-state index contributed by atoms with van der Waals surface area (Å²) in [5.74, 6) is -2.97. The fraction of sp³-hybridized carbons (Fsp3) is 0.361. The number of nitrogens with zero attached hydrogens (tertiary/aromatic N) is 2. The highest BCUT2D eigenvalue weighted by Crippen LogP contribution is 2.24. The lowest BCUT2D eigenvalue weighted by Crippen LogP contribution is -2.57. The van der Waals surface area contributed by atoms with Gasteiger partial charge in [-0.1, -0.05) is 18.2 Å². The van der Waals surface area contributed by atoms with Gasteiger partial charge < -0.3 is 36.0 Å². The van der Waals surface area contributed by atoms with Gasteiger partial charge in [-0.05, 0) is 68.9 Å². The Labute approximate surface area is 286 Å². The van der Waals surface area contributed by atoms with Crippen LogP contribution in [0.2, 0.25) is 0 Å². The van der Waals surface area contributed by atoms with E-state index >= 15 is 0 Å². The number of amides is 5. The standard InChI is InChI=1S/C36H39N7O7/c1-19-14-32(45)50-30-16-22(10-11-23(19)30)40-34(47)27(15-21-18-38-25-7-4-3-6-24(21)25)41-35(48)29-8-5-13-43(29)36(49)28(17-31(37)44)42-33(46)26-12-9-20(2)39-26/h3-4,6-7,10-11,14,16,18,26-29,38H,5,8-9,12-13,15,17H2,1-2H3,(H2,37,44)(H,40,47)(H,41,48)(H,42,46). The van der Waals surface area contributed by atoms with Gasteiger partial charge in [-0.25, -0.2) is 4.79 Å². The average molecular weight is 682 g/mol. The number of primary amides is 1.